The molecule has 1 N–H and O–H groups in total. The standard InChI is InChI=1S/C19H22N4O2/c1-6-13(4)23-18(24)15(10-20)14(5)17(19(23)25)22-21-16-9-11(2)7-8-12(16)3/h7-9,13,24H,6H2,1-5H3. The number of aromatic nitrogens is 1. The van der Waals surface area contributed by atoms with E-state index in [1.807, 2.05) is 52.0 Å². The molecule has 0 aliphatic heterocycles. The summed E-state index contributed by atoms with van der Waals surface area (Å²) in [7, 11) is 0. The summed E-state index contributed by atoms with van der Waals surface area (Å²) in [5.41, 5.74) is 2.66. The van der Waals surface area contributed by atoms with Gasteiger partial charge in [-0.25, -0.2) is 0 Å². The molecule has 0 spiro atoms. The summed E-state index contributed by atoms with van der Waals surface area (Å²) in [6.45, 7) is 9.17. The molecule has 25 heavy (non-hydrogen) atoms. The van der Waals surface area contributed by atoms with Gasteiger partial charge in [-0.05, 0) is 51.3 Å². The molecule has 1 heterocycles. The minimum Gasteiger partial charge on any atom is -0.493 e. The van der Waals surface area contributed by atoms with Crippen LogP contribution in [-0.2, 0) is 0 Å². The van der Waals surface area contributed by atoms with Gasteiger partial charge >= 0.3 is 0 Å². The number of benzene rings is 1. The molecule has 0 aliphatic rings. The molecule has 1 aromatic heterocycles. The third kappa shape index (κ3) is 3.45. The van der Waals surface area contributed by atoms with Crippen LogP contribution in [0.5, 0.6) is 5.88 Å². The first-order valence-corrected chi connectivity index (χ1v) is 8.18. The van der Waals surface area contributed by atoms with Crippen molar-refractivity contribution in [3.63, 3.8) is 0 Å². The van der Waals surface area contributed by atoms with Crippen molar-refractivity contribution in [2.45, 2.75) is 47.1 Å². The Hall–Kier alpha value is -2.94. The van der Waals surface area contributed by atoms with Crippen LogP contribution in [0.1, 0.15) is 48.6 Å². The summed E-state index contributed by atoms with van der Waals surface area (Å²) in [5.74, 6) is -0.315. The van der Waals surface area contributed by atoms with Crippen molar-refractivity contribution in [3.05, 3.63) is 50.8 Å². The van der Waals surface area contributed by atoms with Crippen LogP contribution >= 0.6 is 0 Å². The summed E-state index contributed by atoms with van der Waals surface area (Å²) in [5, 5.41) is 28.0. The van der Waals surface area contributed by atoms with E-state index in [0.717, 1.165) is 11.1 Å². The fourth-order valence-electron chi connectivity index (χ4n) is 2.55. The molecule has 0 radical (unpaired) electrons. The van der Waals surface area contributed by atoms with Gasteiger partial charge in [0, 0.05) is 11.6 Å². The van der Waals surface area contributed by atoms with E-state index in [0.29, 0.717) is 17.7 Å². The van der Waals surface area contributed by atoms with E-state index in [-0.39, 0.29) is 23.2 Å². The number of aryl methyl sites for hydroxylation is 2. The van der Waals surface area contributed by atoms with Crippen molar-refractivity contribution in [3.8, 4) is 11.9 Å². The van der Waals surface area contributed by atoms with Gasteiger partial charge < -0.3 is 5.11 Å². The van der Waals surface area contributed by atoms with Crippen LogP contribution < -0.4 is 5.56 Å². The first kappa shape index (κ1) is 18.4. The van der Waals surface area contributed by atoms with E-state index in [2.05, 4.69) is 10.2 Å². The first-order valence-electron chi connectivity index (χ1n) is 8.18. The molecule has 1 atom stereocenters. The molecule has 6 heteroatoms. The normalized spacial score (nSPS) is 12.3. The monoisotopic (exact) mass is 338 g/mol. The minimum atomic E-state index is -0.447. The summed E-state index contributed by atoms with van der Waals surface area (Å²) < 4.78 is 1.21. The van der Waals surface area contributed by atoms with Gasteiger partial charge in [-0.15, -0.1) is 5.11 Å². The number of nitriles is 1. The topological polar surface area (TPSA) is 90.7 Å². The van der Waals surface area contributed by atoms with Crippen molar-refractivity contribution in [2.75, 3.05) is 0 Å². The molecule has 0 amide bonds. The van der Waals surface area contributed by atoms with Crippen LogP contribution in [0.3, 0.4) is 0 Å². The lowest BCUT2D eigenvalue weighted by Crippen LogP contribution is -2.24. The van der Waals surface area contributed by atoms with Crippen LogP contribution in [0.15, 0.2) is 33.2 Å². The Balaban J connectivity index is 2.69. The van der Waals surface area contributed by atoms with E-state index in [4.69, 9.17) is 0 Å². The van der Waals surface area contributed by atoms with Crippen LogP contribution in [0.4, 0.5) is 11.4 Å². The molecule has 0 saturated heterocycles. The lowest BCUT2D eigenvalue weighted by atomic mass is 10.1. The predicted molar refractivity (Wildman–Crippen MR) is 96.9 cm³/mol. The molecule has 0 bridgehead atoms. The second-order valence-electron chi connectivity index (χ2n) is 6.21. The van der Waals surface area contributed by atoms with E-state index < -0.39 is 5.56 Å². The Bertz CT molecular complexity index is 936. The Morgan fingerprint density at radius 2 is 1.96 bits per heavy atom. The van der Waals surface area contributed by atoms with Gasteiger partial charge in [0.15, 0.2) is 5.69 Å². The number of hydrogen-bond acceptors (Lipinski definition) is 5. The molecule has 0 saturated carbocycles. The molecule has 130 valence electrons. The van der Waals surface area contributed by atoms with Gasteiger partial charge in [0.1, 0.15) is 11.6 Å². The summed E-state index contributed by atoms with van der Waals surface area (Å²) in [4.78, 5) is 12.8. The smallest absolute Gasteiger partial charge is 0.281 e. The van der Waals surface area contributed by atoms with Gasteiger partial charge in [-0.2, -0.15) is 10.4 Å². The predicted octanol–water partition coefficient (Wildman–Crippen LogP) is 4.74. The number of rotatable bonds is 4. The van der Waals surface area contributed by atoms with Crippen LogP contribution in [0.2, 0.25) is 0 Å². The summed E-state index contributed by atoms with van der Waals surface area (Å²) in [6, 6.07) is 7.50. The molecular weight excluding hydrogens is 316 g/mol. The molecule has 1 aromatic carbocycles. The zero-order chi connectivity index (χ0) is 18.7. The second-order valence-corrected chi connectivity index (χ2v) is 6.21. The van der Waals surface area contributed by atoms with Gasteiger partial charge in [0.05, 0.1) is 5.69 Å². The maximum absolute atomic E-state index is 12.8. The molecule has 0 fully saturated rings. The molecule has 2 rings (SSSR count). The molecule has 6 nitrogen and oxygen atoms in total. The molecule has 0 aliphatic carbocycles. The fourth-order valence-corrected chi connectivity index (χ4v) is 2.55. The highest BCUT2D eigenvalue weighted by atomic mass is 16.3. The maximum Gasteiger partial charge on any atom is 0.281 e. The first-order chi connectivity index (χ1) is 11.8. The number of hydrogen-bond donors (Lipinski definition) is 1. The minimum absolute atomic E-state index is 0.0508. The summed E-state index contributed by atoms with van der Waals surface area (Å²) >= 11 is 0. The largest absolute Gasteiger partial charge is 0.493 e. The van der Waals surface area contributed by atoms with Crippen molar-refractivity contribution in [1.82, 2.24) is 4.57 Å². The Labute approximate surface area is 147 Å². The third-order valence-electron chi connectivity index (χ3n) is 4.37. The molecule has 2 aromatic rings. The number of pyridine rings is 1. The number of aromatic hydroxyl groups is 1. The molecular formula is C19H22N4O2. The lowest BCUT2D eigenvalue weighted by molar-refractivity contribution is 0.372. The Kier molecular flexibility index (Phi) is 5.38. The average Bonchev–Trinajstić information content (AvgIpc) is 2.57. The van der Waals surface area contributed by atoms with E-state index in [1.54, 1.807) is 6.92 Å². The highest BCUT2D eigenvalue weighted by Gasteiger charge is 2.21. The highest BCUT2D eigenvalue weighted by Crippen LogP contribution is 2.30. The quantitative estimate of drug-likeness (QED) is 0.816. The SMILES string of the molecule is CCC(C)n1c(O)c(C#N)c(C)c(N=Nc2cc(C)ccc2C)c1=O. The van der Waals surface area contributed by atoms with Gasteiger partial charge in [-0.1, -0.05) is 19.1 Å². The number of nitrogens with zero attached hydrogens (tertiary/aromatic N) is 4. The van der Waals surface area contributed by atoms with E-state index >= 15 is 0 Å². The summed E-state index contributed by atoms with van der Waals surface area (Å²) in [6.07, 6.45) is 0.634. The van der Waals surface area contributed by atoms with Crippen molar-refractivity contribution < 1.29 is 5.11 Å². The van der Waals surface area contributed by atoms with Crippen LogP contribution in [0, 0.1) is 32.1 Å². The zero-order valence-corrected chi connectivity index (χ0v) is 15.2. The fraction of sp³-hybridized carbons (Fsp3) is 0.368. The van der Waals surface area contributed by atoms with Gasteiger partial charge in [0.2, 0.25) is 5.88 Å². The van der Waals surface area contributed by atoms with Crippen molar-refractivity contribution in [2.24, 2.45) is 10.2 Å². The lowest BCUT2D eigenvalue weighted by Gasteiger charge is -2.17. The third-order valence-corrected chi connectivity index (χ3v) is 4.37. The van der Waals surface area contributed by atoms with Crippen LogP contribution in [-0.4, -0.2) is 9.67 Å². The van der Waals surface area contributed by atoms with Gasteiger partial charge in [-0.3, -0.25) is 9.36 Å². The van der Waals surface area contributed by atoms with Crippen molar-refractivity contribution >= 4 is 11.4 Å². The Morgan fingerprint density at radius 1 is 1.28 bits per heavy atom. The van der Waals surface area contributed by atoms with E-state index in [9.17, 15) is 15.2 Å². The zero-order valence-electron chi connectivity index (χ0n) is 15.2. The van der Waals surface area contributed by atoms with Crippen molar-refractivity contribution in [1.29, 1.82) is 5.26 Å². The molecule has 1 unspecified atom stereocenters. The highest BCUT2D eigenvalue weighted by molar-refractivity contribution is 5.57. The Morgan fingerprint density at radius 3 is 2.56 bits per heavy atom. The van der Waals surface area contributed by atoms with Gasteiger partial charge in [0.25, 0.3) is 5.56 Å². The van der Waals surface area contributed by atoms with Crippen LogP contribution in [0.25, 0.3) is 0 Å². The maximum atomic E-state index is 12.8. The second kappa shape index (κ2) is 7.31. The van der Waals surface area contributed by atoms with E-state index in [1.165, 1.54) is 4.57 Å². The number of azo groups is 1. The average molecular weight is 338 g/mol.